The minimum Gasteiger partial charge on any atom is -0.309 e. The van der Waals surface area contributed by atoms with E-state index in [0.717, 1.165) is 5.56 Å². The molecule has 2 rings (SSSR count). The third kappa shape index (κ3) is 3.76. The lowest BCUT2D eigenvalue weighted by molar-refractivity contribution is -0.384. The first-order valence-corrected chi connectivity index (χ1v) is 6.32. The molecule has 20 heavy (non-hydrogen) atoms. The van der Waals surface area contributed by atoms with E-state index in [-0.39, 0.29) is 11.5 Å². The van der Waals surface area contributed by atoms with Crippen molar-refractivity contribution < 1.29 is 9.31 Å². The van der Waals surface area contributed by atoms with Gasteiger partial charge in [0.15, 0.2) is 0 Å². The Bertz CT molecular complexity index is 634. The van der Waals surface area contributed by atoms with E-state index in [1.54, 1.807) is 18.2 Å². The number of hydrogen-bond acceptors (Lipinski definition) is 3. The molecule has 6 heteroatoms. The van der Waals surface area contributed by atoms with Crippen molar-refractivity contribution in [1.82, 2.24) is 5.32 Å². The van der Waals surface area contributed by atoms with Gasteiger partial charge in [-0.1, -0.05) is 23.7 Å². The average Bonchev–Trinajstić information content (AvgIpc) is 2.43. The molecule has 0 saturated carbocycles. The molecule has 0 saturated heterocycles. The van der Waals surface area contributed by atoms with Crippen molar-refractivity contribution in [3.8, 4) is 0 Å². The minimum absolute atomic E-state index is 0.0400. The summed E-state index contributed by atoms with van der Waals surface area (Å²) in [5.41, 5.74) is 1.27. The van der Waals surface area contributed by atoms with Crippen LogP contribution < -0.4 is 5.32 Å². The number of rotatable bonds is 5. The van der Waals surface area contributed by atoms with E-state index < -0.39 is 4.92 Å². The van der Waals surface area contributed by atoms with Gasteiger partial charge in [0.1, 0.15) is 5.82 Å². The summed E-state index contributed by atoms with van der Waals surface area (Å²) in [6.07, 6.45) is 0. The second-order valence-corrected chi connectivity index (χ2v) is 4.70. The van der Waals surface area contributed by atoms with Gasteiger partial charge in [0, 0.05) is 35.8 Å². The number of nitro groups is 1. The average molecular weight is 295 g/mol. The minimum atomic E-state index is -0.444. The molecule has 2 aromatic carbocycles. The highest BCUT2D eigenvalue weighted by atomic mass is 35.5. The fourth-order valence-corrected chi connectivity index (χ4v) is 1.99. The van der Waals surface area contributed by atoms with E-state index in [1.165, 1.54) is 24.3 Å². The quantitative estimate of drug-likeness (QED) is 0.676. The van der Waals surface area contributed by atoms with Gasteiger partial charge in [0.25, 0.3) is 5.69 Å². The van der Waals surface area contributed by atoms with Crippen LogP contribution in [0, 0.1) is 15.9 Å². The molecule has 2 aromatic rings. The Labute approximate surface area is 120 Å². The Morgan fingerprint density at radius 1 is 1.20 bits per heavy atom. The summed E-state index contributed by atoms with van der Waals surface area (Å²) in [5, 5.41) is 14.2. The third-order valence-corrected chi connectivity index (χ3v) is 3.01. The van der Waals surface area contributed by atoms with E-state index in [2.05, 4.69) is 5.32 Å². The molecule has 0 amide bonds. The number of nitrogens with zero attached hydrogens (tertiary/aromatic N) is 1. The van der Waals surface area contributed by atoms with Crippen molar-refractivity contribution in [2.24, 2.45) is 0 Å². The van der Waals surface area contributed by atoms with Gasteiger partial charge in [-0.3, -0.25) is 10.1 Å². The van der Waals surface area contributed by atoms with E-state index >= 15 is 0 Å². The summed E-state index contributed by atoms with van der Waals surface area (Å²) in [5.74, 6) is -0.332. The number of nitro benzene ring substituents is 1. The van der Waals surface area contributed by atoms with Crippen LogP contribution in [0.3, 0.4) is 0 Å². The highest BCUT2D eigenvalue weighted by Gasteiger charge is 2.06. The maximum absolute atomic E-state index is 13.5. The fourth-order valence-electron chi connectivity index (χ4n) is 1.80. The lowest BCUT2D eigenvalue weighted by Gasteiger charge is -2.06. The van der Waals surface area contributed by atoms with E-state index in [0.29, 0.717) is 23.7 Å². The second kappa shape index (κ2) is 6.45. The molecule has 0 aliphatic carbocycles. The molecule has 104 valence electrons. The van der Waals surface area contributed by atoms with Crippen molar-refractivity contribution in [1.29, 1.82) is 0 Å². The van der Waals surface area contributed by atoms with Gasteiger partial charge >= 0.3 is 0 Å². The summed E-state index contributed by atoms with van der Waals surface area (Å²) in [6.45, 7) is 0.711. The largest absolute Gasteiger partial charge is 0.309 e. The van der Waals surface area contributed by atoms with Crippen LogP contribution in [0.4, 0.5) is 10.1 Å². The molecule has 0 aliphatic heterocycles. The van der Waals surface area contributed by atoms with Gasteiger partial charge in [-0.15, -0.1) is 0 Å². The molecule has 0 heterocycles. The van der Waals surface area contributed by atoms with Crippen LogP contribution in [-0.2, 0) is 13.1 Å². The standard InChI is InChI=1S/C14H12ClFN2O2/c15-12-4-5-14(16)11(7-12)9-17-8-10-2-1-3-13(6-10)18(19)20/h1-7,17H,8-9H2. The summed E-state index contributed by atoms with van der Waals surface area (Å²) in [4.78, 5) is 10.2. The van der Waals surface area contributed by atoms with Crippen molar-refractivity contribution >= 4 is 17.3 Å². The van der Waals surface area contributed by atoms with Crippen LogP contribution in [-0.4, -0.2) is 4.92 Å². The summed E-state index contributed by atoms with van der Waals surface area (Å²) in [7, 11) is 0. The Hall–Kier alpha value is -1.98. The van der Waals surface area contributed by atoms with Gasteiger partial charge in [0.2, 0.25) is 0 Å². The third-order valence-electron chi connectivity index (χ3n) is 2.77. The normalized spacial score (nSPS) is 10.5. The predicted octanol–water partition coefficient (Wildman–Crippen LogP) is 3.68. The molecular weight excluding hydrogens is 283 g/mol. The molecule has 0 unspecified atom stereocenters. The van der Waals surface area contributed by atoms with Gasteiger partial charge < -0.3 is 5.32 Å². The van der Waals surface area contributed by atoms with Crippen molar-refractivity contribution in [2.45, 2.75) is 13.1 Å². The Morgan fingerprint density at radius 2 is 2.00 bits per heavy atom. The monoisotopic (exact) mass is 294 g/mol. The smallest absolute Gasteiger partial charge is 0.269 e. The Kier molecular flexibility index (Phi) is 4.65. The number of nitrogens with one attached hydrogen (secondary N) is 1. The number of benzene rings is 2. The Morgan fingerprint density at radius 3 is 2.75 bits per heavy atom. The first kappa shape index (κ1) is 14.4. The van der Waals surface area contributed by atoms with Crippen LogP contribution in [0.2, 0.25) is 5.02 Å². The van der Waals surface area contributed by atoms with Gasteiger partial charge in [-0.25, -0.2) is 4.39 Å². The maximum atomic E-state index is 13.5. The van der Waals surface area contributed by atoms with Crippen LogP contribution in [0.5, 0.6) is 0 Å². The molecule has 0 aromatic heterocycles. The molecule has 0 radical (unpaired) electrons. The zero-order chi connectivity index (χ0) is 14.5. The number of halogens is 2. The summed E-state index contributed by atoms with van der Waals surface area (Å²) >= 11 is 5.80. The molecular formula is C14H12ClFN2O2. The lowest BCUT2D eigenvalue weighted by atomic mass is 10.2. The van der Waals surface area contributed by atoms with Crippen molar-refractivity contribution in [2.75, 3.05) is 0 Å². The second-order valence-electron chi connectivity index (χ2n) is 4.27. The lowest BCUT2D eigenvalue weighted by Crippen LogP contribution is -2.13. The highest BCUT2D eigenvalue weighted by Crippen LogP contribution is 2.16. The molecule has 0 aliphatic rings. The fraction of sp³-hybridized carbons (Fsp3) is 0.143. The SMILES string of the molecule is O=[N+]([O-])c1cccc(CNCc2cc(Cl)ccc2F)c1. The topological polar surface area (TPSA) is 55.2 Å². The van der Waals surface area contributed by atoms with Crippen LogP contribution in [0.25, 0.3) is 0 Å². The molecule has 1 N–H and O–H groups in total. The molecule has 4 nitrogen and oxygen atoms in total. The molecule has 0 atom stereocenters. The van der Waals surface area contributed by atoms with E-state index in [9.17, 15) is 14.5 Å². The molecule has 0 fully saturated rings. The predicted molar refractivity (Wildman–Crippen MR) is 75.1 cm³/mol. The van der Waals surface area contributed by atoms with Crippen molar-refractivity contribution in [3.63, 3.8) is 0 Å². The molecule has 0 bridgehead atoms. The number of hydrogen-bond donors (Lipinski definition) is 1. The maximum Gasteiger partial charge on any atom is 0.269 e. The highest BCUT2D eigenvalue weighted by molar-refractivity contribution is 6.30. The zero-order valence-corrected chi connectivity index (χ0v) is 11.2. The van der Waals surface area contributed by atoms with Gasteiger partial charge in [0.05, 0.1) is 4.92 Å². The van der Waals surface area contributed by atoms with E-state index in [4.69, 9.17) is 11.6 Å². The molecule has 0 spiro atoms. The first-order chi connectivity index (χ1) is 9.56. The summed E-state index contributed by atoms with van der Waals surface area (Å²) < 4.78 is 13.5. The van der Waals surface area contributed by atoms with Crippen LogP contribution >= 0.6 is 11.6 Å². The van der Waals surface area contributed by atoms with Gasteiger partial charge in [-0.05, 0) is 23.8 Å². The van der Waals surface area contributed by atoms with Crippen LogP contribution in [0.1, 0.15) is 11.1 Å². The van der Waals surface area contributed by atoms with Crippen molar-refractivity contribution in [3.05, 3.63) is 74.5 Å². The van der Waals surface area contributed by atoms with Crippen LogP contribution in [0.15, 0.2) is 42.5 Å². The number of non-ortho nitro benzene ring substituents is 1. The van der Waals surface area contributed by atoms with Gasteiger partial charge in [-0.2, -0.15) is 0 Å². The van der Waals surface area contributed by atoms with E-state index in [1.807, 2.05) is 0 Å². The summed E-state index contributed by atoms with van der Waals surface area (Å²) in [6, 6.07) is 10.7. The Balaban J connectivity index is 1.97. The first-order valence-electron chi connectivity index (χ1n) is 5.94. The zero-order valence-electron chi connectivity index (χ0n) is 10.5.